The number of nitro groups is 1. The number of rotatable bonds is 10. The second-order valence-electron chi connectivity index (χ2n) is 5.57. The maximum Gasteiger partial charge on any atom is 0.270 e. The first-order valence-electron chi connectivity index (χ1n) is 8.16. The van der Waals surface area contributed by atoms with Gasteiger partial charge in [0.1, 0.15) is 0 Å². The highest BCUT2D eigenvalue weighted by Crippen LogP contribution is 2.25. The second kappa shape index (κ2) is 9.67. The van der Waals surface area contributed by atoms with Crippen molar-refractivity contribution in [3.8, 4) is 0 Å². The van der Waals surface area contributed by atoms with E-state index in [-0.39, 0.29) is 16.0 Å². The summed E-state index contributed by atoms with van der Waals surface area (Å²) in [6, 6.07) is 14.6. The van der Waals surface area contributed by atoms with Crippen molar-refractivity contribution in [2.24, 2.45) is 0 Å². The first-order chi connectivity index (χ1) is 12.4. The smallest absolute Gasteiger partial charge is 0.258 e. The van der Waals surface area contributed by atoms with Gasteiger partial charge in [0.15, 0.2) is 0 Å². The lowest BCUT2D eigenvalue weighted by atomic mass is 10.2. The number of hydrogen-bond acceptors (Lipinski definition) is 6. The van der Waals surface area contributed by atoms with E-state index in [1.165, 1.54) is 30.0 Å². The molecule has 1 atom stereocenters. The summed E-state index contributed by atoms with van der Waals surface area (Å²) in [6.07, 6.45) is 2.70. The van der Waals surface area contributed by atoms with Crippen LogP contribution < -0.4 is 10.3 Å². The van der Waals surface area contributed by atoms with Gasteiger partial charge in [-0.3, -0.25) is 10.1 Å². The van der Waals surface area contributed by atoms with Crippen molar-refractivity contribution in [1.82, 2.24) is 10.3 Å². The van der Waals surface area contributed by atoms with Crippen molar-refractivity contribution in [3.05, 3.63) is 64.7 Å². The number of non-ortho nitro benzene ring substituents is 1. The summed E-state index contributed by atoms with van der Waals surface area (Å²) in [6.45, 7) is 2.07. The van der Waals surface area contributed by atoms with Gasteiger partial charge in [-0.1, -0.05) is 44.0 Å². The van der Waals surface area contributed by atoms with E-state index in [4.69, 9.17) is 0 Å². The molecular weight excluding hydrogens is 374 g/mol. The van der Waals surface area contributed by atoms with Crippen LogP contribution in [-0.4, -0.2) is 18.7 Å². The summed E-state index contributed by atoms with van der Waals surface area (Å²) in [5, 5.41) is 10.7. The number of hydrogen-bond donors (Lipinski definition) is 2. The van der Waals surface area contributed by atoms with Crippen molar-refractivity contribution in [2.75, 3.05) is 0 Å². The Labute approximate surface area is 157 Å². The van der Waals surface area contributed by atoms with Crippen molar-refractivity contribution >= 4 is 27.5 Å². The van der Waals surface area contributed by atoms with Crippen molar-refractivity contribution in [2.45, 2.75) is 41.4 Å². The number of unbranched alkanes of at least 4 members (excludes halogenated alkanes) is 1. The van der Waals surface area contributed by atoms with E-state index < -0.39 is 14.9 Å². The predicted molar refractivity (Wildman–Crippen MR) is 102 cm³/mol. The third-order valence-corrected chi connectivity index (χ3v) is 5.98. The molecule has 7 nitrogen and oxygen atoms in total. The fourth-order valence-electron chi connectivity index (χ4n) is 2.18. The van der Waals surface area contributed by atoms with Crippen LogP contribution in [0.5, 0.6) is 0 Å². The van der Waals surface area contributed by atoms with Gasteiger partial charge in [0, 0.05) is 17.0 Å². The van der Waals surface area contributed by atoms with Crippen LogP contribution in [0.2, 0.25) is 0 Å². The summed E-state index contributed by atoms with van der Waals surface area (Å²) >= 11 is 1.53. The zero-order valence-electron chi connectivity index (χ0n) is 14.3. The lowest BCUT2D eigenvalue weighted by Crippen LogP contribution is -2.42. The molecule has 0 aliphatic heterocycles. The van der Waals surface area contributed by atoms with Gasteiger partial charge < -0.3 is 0 Å². The van der Waals surface area contributed by atoms with E-state index in [1.807, 2.05) is 30.3 Å². The van der Waals surface area contributed by atoms with Gasteiger partial charge in [0.05, 0.1) is 15.2 Å². The Morgan fingerprint density at radius 2 is 1.88 bits per heavy atom. The summed E-state index contributed by atoms with van der Waals surface area (Å²) in [5.74, 6) is 0. The van der Waals surface area contributed by atoms with E-state index in [1.54, 1.807) is 0 Å². The average Bonchev–Trinajstić information content (AvgIpc) is 2.65. The molecule has 1 unspecified atom stereocenters. The molecule has 2 N–H and O–H groups in total. The van der Waals surface area contributed by atoms with Crippen LogP contribution in [0.25, 0.3) is 0 Å². The number of sulfonamides is 1. The van der Waals surface area contributed by atoms with E-state index in [0.717, 1.165) is 30.2 Å². The molecule has 0 amide bonds. The second-order valence-corrected chi connectivity index (χ2v) is 8.52. The molecule has 26 heavy (non-hydrogen) atoms. The third-order valence-electron chi connectivity index (χ3n) is 3.53. The van der Waals surface area contributed by atoms with Gasteiger partial charge in [-0.05, 0) is 24.6 Å². The van der Waals surface area contributed by atoms with Crippen LogP contribution in [0.3, 0.4) is 0 Å². The van der Waals surface area contributed by atoms with Crippen LogP contribution in [-0.2, 0) is 10.0 Å². The SMILES string of the molecule is CCCCC(NNS(=O)(=O)c1cccc([N+](=O)[O-])c1)Sc1ccccc1. The van der Waals surface area contributed by atoms with Gasteiger partial charge in [-0.15, -0.1) is 16.6 Å². The maximum absolute atomic E-state index is 12.4. The van der Waals surface area contributed by atoms with Gasteiger partial charge in [-0.2, -0.15) is 0 Å². The van der Waals surface area contributed by atoms with Crippen LogP contribution in [0.1, 0.15) is 26.2 Å². The van der Waals surface area contributed by atoms with Crippen LogP contribution in [0, 0.1) is 10.1 Å². The van der Waals surface area contributed by atoms with Crippen molar-refractivity contribution in [3.63, 3.8) is 0 Å². The Kier molecular flexibility index (Phi) is 7.58. The molecule has 2 rings (SSSR count). The van der Waals surface area contributed by atoms with Gasteiger partial charge in [0.25, 0.3) is 15.7 Å². The minimum absolute atomic E-state index is 0.154. The topological polar surface area (TPSA) is 101 Å². The standard InChI is InChI=1S/C17H21N3O4S2/c1-2-3-12-17(25-15-9-5-4-6-10-15)18-19-26(23,24)16-11-7-8-14(13-16)20(21)22/h4-11,13,17-19H,2-3,12H2,1H3. The fourth-order valence-corrected chi connectivity index (χ4v) is 4.25. The Hall–Kier alpha value is -1.94. The number of nitro benzene ring substituents is 1. The lowest BCUT2D eigenvalue weighted by Gasteiger charge is -2.19. The molecule has 0 bridgehead atoms. The van der Waals surface area contributed by atoms with Gasteiger partial charge in [-0.25, -0.2) is 13.8 Å². The van der Waals surface area contributed by atoms with E-state index in [2.05, 4.69) is 17.2 Å². The minimum atomic E-state index is -3.91. The number of benzene rings is 2. The fraction of sp³-hybridized carbons (Fsp3) is 0.294. The molecule has 0 saturated carbocycles. The van der Waals surface area contributed by atoms with Crippen LogP contribution in [0.15, 0.2) is 64.4 Å². The summed E-state index contributed by atoms with van der Waals surface area (Å²) in [7, 11) is -3.91. The maximum atomic E-state index is 12.4. The predicted octanol–water partition coefficient (Wildman–Crippen LogP) is 3.69. The molecule has 2 aromatic rings. The molecule has 0 saturated heterocycles. The zero-order chi connectivity index (χ0) is 19.0. The Morgan fingerprint density at radius 3 is 2.54 bits per heavy atom. The Morgan fingerprint density at radius 1 is 1.15 bits per heavy atom. The Balaban J connectivity index is 2.08. The molecule has 0 spiro atoms. The Bertz CT molecular complexity index is 829. The number of nitrogens with zero attached hydrogens (tertiary/aromatic N) is 1. The quantitative estimate of drug-likeness (QED) is 0.275. The molecule has 0 aliphatic carbocycles. The van der Waals surface area contributed by atoms with Gasteiger partial charge >= 0.3 is 0 Å². The molecule has 0 heterocycles. The molecule has 0 aromatic heterocycles. The highest BCUT2D eigenvalue weighted by atomic mass is 32.2. The third kappa shape index (κ3) is 6.10. The number of thioether (sulfide) groups is 1. The summed E-state index contributed by atoms with van der Waals surface area (Å²) in [4.78, 5) is 13.4. The van der Waals surface area contributed by atoms with Crippen molar-refractivity contribution < 1.29 is 13.3 Å². The van der Waals surface area contributed by atoms with Crippen LogP contribution >= 0.6 is 11.8 Å². The first kappa shape index (κ1) is 20.4. The van der Waals surface area contributed by atoms with E-state index >= 15 is 0 Å². The van der Waals surface area contributed by atoms with Gasteiger partial charge in [0.2, 0.25) is 0 Å². The normalized spacial score (nSPS) is 12.7. The number of nitrogens with one attached hydrogen (secondary N) is 2. The van der Waals surface area contributed by atoms with E-state index in [9.17, 15) is 18.5 Å². The molecule has 9 heteroatoms. The zero-order valence-corrected chi connectivity index (χ0v) is 15.9. The van der Waals surface area contributed by atoms with Crippen LogP contribution in [0.4, 0.5) is 5.69 Å². The molecule has 140 valence electrons. The molecule has 0 fully saturated rings. The highest BCUT2D eigenvalue weighted by Gasteiger charge is 2.19. The summed E-state index contributed by atoms with van der Waals surface area (Å²) < 4.78 is 24.9. The highest BCUT2D eigenvalue weighted by molar-refractivity contribution is 8.00. The number of hydrazine groups is 1. The molecule has 0 radical (unpaired) electrons. The lowest BCUT2D eigenvalue weighted by molar-refractivity contribution is -0.385. The molecule has 0 aliphatic rings. The van der Waals surface area contributed by atoms with E-state index in [0.29, 0.717) is 0 Å². The minimum Gasteiger partial charge on any atom is -0.258 e. The largest absolute Gasteiger partial charge is 0.270 e. The summed E-state index contributed by atoms with van der Waals surface area (Å²) in [5.41, 5.74) is 2.58. The average molecular weight is 396 g/mol. The molecule has 2 aromatic carbocycles. The monoisotopic (exact) mass is 395 g/mol. The first-order valence-corrected chi connectivity index (χ1v) is 10.5. The molecular formula is C17H21N3O4S2. The van der Waals surface area contributed by atoms with Crippen molar-refractivity contribution in [1.29, 1.82) is 0 Å².